The van der Waals surface area contributed by atoms with E-state index in [2.05, 4.69) is 0 Å². The van der Waals surface area contributed by atoms with Gasteiger partial charge in [-0.15, -0.1) is 0 Å². The molecule has 0 fully saturated rings. The second-order valence-electron chi connectivity index (χ2n) is 5.58. The number of hydrogen-bond acceptors (Lipinski definition) is 4. The molecule has 0 aromatic heterocycles. The maximum atomic E-state index is 11.7. The zero-order chi connectivity index (χ0) is 16.0. The van der Waals surface area contributed by atoms with Crippen LogP contribution in [-0.2, 0) is 4.74 Å². The molecule has 0 radical (unpaired) electrons. The summed E-state index contributed by atoms with van der Waals surface area (Å²) in [6, 6.07) is 6.10. The van der Waals surface area contributed by atoms with E-state index in [0.717, 1.165) is 0 Å². The van der Waals surface area contributed by atoms with Crippen molar-refractivity contribution in [2.75, 3.05) is 20.2 Å². The van der Waals surface area contributed by atoms with Crippen LogP contribution in [0.5, 0.6) is 5.75 Å². The van der Waals surface area contributed by atoms with Crippen LogP contribution in [0.15, 0.2) is 24.3 Å². The van der Waals surface area contributed by atoms with Gasteiger partial charge in [-0.2, -0.15) is 0 Å². The first-order chi connectivity index (χ1) is 9.69. The lowest BCUT2D eigenvalue weighted by molar-refractivity contribution is 0.0278. The van der Waals surface area contributed by atoms with Gasteiger partial charge in [-0.3, -0.25) is 0 Å². The zero-order valence-corrected chi connectivity index (χ0v) is 12.8. The monoisotopic (exact) mass is 295 g/mol. The summed E-state index contributed by atoms with van der Waals surface area (Å²) in [6.45, 7) is 6.08. The SMILES string of the molecule is CN(CCOc1ccc(C(=O)O)cc1)C(=O)OC(C)(C)C. The van der Waals surface area contributed by atoms with Gasteiger partial charge < -0.3 is 19.5 Å². The molecule has 0 aliphatic carbocycles. The molecule has 0 saturated carbocycles. The van der Waals surface area contributed by atoms with Gasteiger partial charge in [-0.25, -0.2) is 9.59 Å². The Morgan fingerprint density at radius 2 is 1.76 bits per heavy atom. The number of benzene rings is 1. The Balaban J connectivity index is 2.39. The standard InChI is InChI=1S/C15H21NO5/c1-15(2,3)21-14(19)16(4)9-10-20-12-7-5-11(6-8-12)13(17)18/h5-8H,9-10H2,1-4H3,(H,17,18). The van der Waals surface area contributed by atoms with Gasteiger partial charge in [0.05, 0.1) is 12.1 Å². The van der Waals surface area contributed by atoms with Gasteiger partial charge in [0.25, 0.3) is 0 Å². The highest BCUT2D eigenvalue weighted by Crippen LogP contribution is 2.12. The van der Waals surface area contributed by atoms with Crippen LogP contribution in [0.3, 0.4) is 0 Å². The van der Waals surface area contributed by atoms with Gasteiger partial charge in [-0.1, -0.05) is 0 Å². The first-order valence-electron chi connectivity index (χ1n) is 6.59. The number of carboxylic acids is 1. The van der Waals surface area contributed by atoms with Crippen molar-refractivity contribution >= 4 is 12.1 Å². The molecule has 1 aromatic rings. The molecular formula is C15H21NO5. The van der Waals surface area contributed by atoms with Crippen LogP contribution >= 0.6 is 0 Å². The van der Waals surface area contributed by atoms with Gasteiger partial charge in [0, 0.05) is 7.05 Å². The van der Waals surface area contributed by atoms with Crippen molar-refractivity contribution in [2.45, 2.75) is 26.4 Å². The summed E-state index contributed by atoms with van der Waals surface area (Å²) < 4.78 is 10.7. The number of amides is 1. The molecule has 1 amide bonds. The fraction of sp³-hybridized carbons (Fsp3) is 0.467. The average molecular weight is 295 g/mol. The fourth-order valence-corrected chi connectivity index (χ4v) is 1.43. The van der Waals surface area contributed by atoms with Crippen LogP contribution in [0, 0.1) is 0 Å². The number of carbonyl (C=O) groups is 2. The van der Waals surface area contributed by atoms with Crippen LogP contribution in [0.2, 0.25) is 0 Å². The van der Waals surface area contributed by atoms with E-state index >= 15 is 0 Å². The Morgan fingerprint density at radius 3 is 2.24 bits per heavy atom. The fourth-order valence-electron chi connectivity index (χ4n) is 1.43. The number of hydrogen-bond donors (Lipinski definition) is 1. The minimum atomic E-state index is -0.980. The number of likely N-dealkylation sites (N-methyl/N-ethyl adjacent to an activating group) is 1. The highest BCUT2D eigenvalue weighted by molar-refractivity contribution is 5.87. The summed E-state index contributed by atoms with van der Waals surface area (Å²) in [5.74, 6) is -0.427. The summed E-state index contributed by atoms with van der Waals surface area (Å²) in [5, 5.41) is 8.78. The first kappa shape index (κ1) is 16.8. The molecule has 0 spiro atoms. The van der Waals surface area contributed by atoms with Crippen LogP contribution in [0.1, 0.15) is 31.1 Å². The molecule has 1 rings (SSSR count). The number of carboxylic acid groups (broad SMARTS) is 1. The highest BCUT2D eigenvalue weighted by atomic mass is 16.6. The Labute approximate surface area is 124 Å². The van der Waals surface area contributed by atoms with E-state index in [1.54, 1.807) is 40.0 Å². The minimum Gasteiger partial charge on any atom is -0.492 e. The zero-order valence-electron chi connectivity index (χ0n) is 12.8. The van der Waals surface area contributed by atoms with Gasteiger partial charge in [0.1, 0.15) is 18.0 Å². The third kappa shape index (κ3) is 6.16. The van der Waals surface area contributed by atoms with Crippen LogP contribution in [-0.4, -0.2) is 47.9 Å². The predicted octanol–water partition coefficient (Wildman–Crippen LogP) is 2.63. The summed E-state index contributed by atoms with van der Waals surface area (Å²) in [4.78, 5) is 23.8. The Morgan fingerprint density at radius 1 is 1.19 bits per heavy atom. The van der Waals surface area contributed by atoms with E-state index in [-0.39, 0.29) is 5.56 Å². The summed E-state index contributed by atoms with van der Waals surface area (Å²) in [6.07, 6.45) is -0.410. The smallest absolute Gasteiger partial charge is 0.410 e. The topological polar surface area (TPSA) is 76.1 Å². The summed E-state index contributed by atoms with van der Waals surface area (Å²) >= 11 is 0. The van der Waals surface area contributed by atoms with Crippen molar-refractivity contribution in [3.63, 3.8) is 0 Å². The molecule has 1 aromatic carbocycles. The Bertz CT molecular complexity index is 490. The third-order valence-corrected chi connectivity index (χ3v) is 2.50. The van der Waals surface area contributed by atoms with E-state index in [0.29, 0.717) is 18.9 Å². The maximum absolute atomic E-state index is 11.7. The molecule has 6 nitrogen and oxygen atoms in total. The van der Waals surface area contributed by atoms with Crippen molar-refractivity contribution in [3.05, 3.63) is 29.8 Å². The lowest BCUT2D eigenvalue weighted by Gasteiger charge is -2.24. The van der Waals surface area contributed by atoms with Crippen LogP contribution in [0.25, 0.3) is 0 Å². The predicted molar refractivity (Wildman–Crippen MR) is 77.8 cm³/mol. The molecule has 0 aliphatic rings. The molecule has 21 heavy (non-hydrogen) atoms. The normalized spacial score (nSPS) is 10.9. The minimum absolute atomic E-state index is 0.202. The Hall–Kier alpha value is -2.24. The van der Waals surface area contributed by atoms with Crippen molar-refractivity contribution in [1.29, 1.82) is 0 Å². The molecule has 0 atom stereocenters. The maximum Gasteiger partial charge on any atom is 0.410 e. The van der Waals surface area contributed by atoms with Crippen molar-refractivity contribution < 1.29 is 24.2 Å². The molecule has 6 heteroatoms. The lowest BCUT2D eigenvalue weighted by Crippen LogP contribution is -2.36. The van der Waals surface area contributed by atoms with Crippen molar-refractivity contribution in [3.8, 4) is 5.75 Å². The van der Waals surface area contributed by atoms with E-state index in [1.165, 1.54) is 17.0 Å². The number of ether oxygens (including phenoxy) is 2. The van der Waals surface area contributed by atoms with E-state index < -0.39 is 17.7 Å². The van der Waals surface area contributed by atoms with Crippen LogP contribution in [0.4, 0.5) is 4.79 Å². The second-order valence-corrected chi connectivity index (χ2v) is 5.58. The Kier molecular flexibility index (Phi) is 5.58. The molecule has 1 N–H and O–H groups in total. The van der Waals surface area contributed by atoms with Crippen LogP contribution < -0.4 is 4.74 Å². The quantitative estimate of drug-likeness (QED) is 0.903. The second kappa shape index (κ2) is 6.97. The van der Waals surface area contributed by atoms with Gasteiger partial charge in [0.2, 0.25) is 0 Å². The molecule has 0 saturated heterocycles. The highest BCUT2D eigenvalue weighted by Gasteiger charge is 2.19. The third-order valence-electron chi connectivity index (χ3n) is 2.50. The molecule has 0 unspecified atom stereocenters. The number of aromatic carboxylic acids is 1. The van der Waals surface area contributed by atoms with E-state index in [9.17, 15) is 9.59 Å². The van der Waals surface area contributed by atoms with Gasteiger partial charge in [0.15, 0.2) is 0 Å². The summed E-state index contributed by atoms with van der Waals surface area (Å²) in [7, 11) is 1.63. The van der Waals surface area contributed by atoms with E-state index in [4.69, 9.17) is 14.6 Å². The molecule has 0 heterocycles. The van der Waals surface area contributed by atoms with E-state index in [1.807, 2.05) is 0 Å². The number of nitrogens with zero attached hydrogens (tertiary/aromatic N) is 1. The molecule has 0 aliphatic heterocycles. The van der Waals surface area contributed by atoms with Crippen molar-refractivity contribution in [1.82, 2.24) is 4.90 Å². The number of carbonyl (C=O) groups excluding carboxylic acids is 1. The molecule has 116 valence electrons. The largest absolute Gasteiger partial charge is 0.492 e. The average Bonchev–Trinajstić information content (AvgIpc) is 2.37. The number of rotatable bonds is 5. The first-order valence-corrected chi connectivity index (χ1v) is 6.59. The summed E-state index contributed by atoms with van der Waals surface area (Å²) in [5.41, 5.74) is -0.327. The van der Waals surface area contributed by atoms with Gasteiger partial charge in [-0.05, 0) is 45.0 Å². The molecular weight excluding hydrogens is 274 g/mol. The molecule has 0 bridgehead atoms. The van der Waals surface area contributed by atoms with Gasteiger partial charge >= 0.3 is 12.1 Å². The lowest BCUT2D eigenvalue weighted by atomic mass is 10.2. The van der Waals surface area contributed by atoms with Crippen molar-refractivity contribution in [2.24, 2.45) is 0 Å².